The fraction of sp³-hybridized carbons (Fsp3) is 0.0323. The van der Waals surface area contributed by atoms with Crippen LogP contribution >= 0.6 is 0 Å². The molecule has 0 heteroatoms. The molecule has 0 amide bonds. The highest BCUT2D eigenvalue weighted by atomic mass is 14.4. The monoisotopic (exact) mass is 1570 g/mol. The minimum atomic E-state index is -0.0337. The van der Waals surface area contributed by atoms with Crippen LogP contribution in [0.1, 0.15) is 67.5 Å². The SMILES string of the molecule is c1ccc(-c2cc(-c3ccccc3)cc(-c3cccc(-c4cccc(-c5cc(-c6ccccc6)cc(C6c7ccc(-c8ccc9c(c8)-c8cc%10c(cc8C9c8cc(-c9ccccc9)cc(-c9cccc(-c%11cccc(-c%12cc(-c%13ccccc%13)cc(-c%13ccccc%13)c%12)c%11)c9)c8)Cc8ccccc8-%10)cc7-c7cc8c(cc76)Cc6ccccc6-8)c5)c4)c3)c2)cc1. The Kier molecular flexibility index (Phi) is 17.7. The Labute approximate surface area is 725 Å². The summed E-state index contributed by atoms with van der Waals surface area (Å²) in [7, 11) is 0. The van der Waals surface area contributed by atoms with E-state index in [-0.39, 0.29) is 11.8 Å². The average Bonchev–Trinajstić information content (AvgIpc) is 1.56. The van der Waals surface area contributed by atoms with Crippen LogP contribution in [0.5, 0.6) is 0 Å². The second-order valence-electron chi connectivity index (χ2n) is 34.1. The predicted molar refractivity (Wildman–Crippen MR) is 519 cm³/mol. The number of hydrogen-bond donors (Lipinski definition) is 0. The molecule has 2 atom stereocenters. The van der Waals surface area contributed by atoms with Crippen LogP contribution < -0.4 is 0 Å². The summed E-state index contributed by atoms with van der Waals surface area (Å²) in [6.45, 7) is 0. The first-order valence-corrected chi connectivity index (χ1v) is 43.5. The molecular formula is C124H82. The van der Waals surface area contributed by atoms with Gasteiger partial charge in [0.2, 0.25) is 0 Å². The van der Waals surface area contributed by atoms with Gasteiger partial charge in [-0.15, -0.1) is 0 Å². The number of hydrogen-bond acceptors (Lipinski definition) is 0. The lowest BCUT2D eigenvalue weighted by molar-refractivity contribution is 1.01. The summed E-state index contributed by atoms with van der Waals surface area (Å²) in [5.41, 5.74) is 55.1. The van der Waals surface area contributed by atoms with Crippen molar-refractivity contribution < 1.29 is 0 Å². The van der Waals surface area contributed by atoms with E-state index in [1.165, 1.54) is 245 Å². The fourth-order valence-electron chi connectivity index (χ4n) is 20.7. The van der Waals surface area contributed by atoms with Crippen molar-refractivity contribution in [1.82, 2.24) is 0 Å². The summed E-state index contributed by atoms with van der Waals surface area (Å²) in [5.74, 6) is -0.0673. The van der Waals surface area contributed by atoms with Crippen molar-refractivity contribution in [2.24, 2.45) is 0 Å². The van der Waals surface area contributed by atoms with Crippen LogP contribution in [0.15, 0.2) is 461 Å². The van der Waals surface area contributed by atoms with Gasteiger partial charge in [0.05, 0.1) is 0 Å². The van der Waals surface area contributed by atoms with Gasteiger partial charge < -0.3 is 0 Å². The van der Waals surface area contributed by atoms with E-state index < -0.39 is 0 Å². The van der Waals surface area contributed by atoms with Gasteiger partial charge in [-0.2, -0.15) is 0 Å². The molecule has 578 valence electrons. The van der Waals surface area contributed by atoms with Crippen molar-refractivity contribution in [3.05, 3.63) is 517 Å². The average molecular weight is 1570 g/mol. The molecular weight excluding hydrogens is 1490 g/mol. The molecule has 0 aliphatic heterocycles. The number of rotatable bonds is 15. The molecule has 20 aromatic carbocycles. The molecule has 0 bridgehead atoms. The molecule has 124 heavy (non-hydrogen) atoms. The van der Waals surface area contributed by atoms with Gasteiger partial charge in [0.1, 0.15) is 0 Å². The van der Waals surface area contributed by atoms with Gasteiger partial charge in [-0.1, -0.05) is 364 Å². The molecule has 0 nitrogen and oxygen atoms in total. The molecule has 4 aliphatic rings. The lowest BCUT2D eigenvalue weighted by Crippen LogP contribution is -2.02. The molecule has 24 rings (SSSR count). The maximum Gasteiger partial charge on any atom is 0.0352 e. The van der Waals surface area contributed by atoms with Crippen molar-refractivity contribution >= 4 is 0 Å². The van der Waals surface area contributed by atoms with E-state index in [1.54, 1.807) is 0 Å². The summed E-state index contributed by atoms with van der Waals surface area (Å²) < 4.78 is 0. The van der Waals surface area contributed by atoms with Crippen LogP contribution in [0.3, 0.4) is 0 Å². The molecule has 2 unspecified atom stereocenters. The largest absolute Gasteiger partial charge is 0.0622 e. The standard InChI is InChI=1S/C124H82/c1-7-27-79(28-8-1)97-61-98(80-29-9-2-10-30-80)64-103(63-97)89-45-23-41-85(55-89)87-43-25-47-91(57-87)105-67-101(83-35-15-5-16-36-83)69-109(71-105)123-113-53-51-93(73-117(113)119-77-115-107(75-121(119)123)59-95-39-19-21-49-111(95)115)94-52-54-114-118(74-94)120-78-116-108(60-96-40-20-22-50-112(96)116)76-122(120)124(114)110-70-102(84-37-17-6-18-38-84)68-106(72-110)92-48-26-44-88(58-92)86-42-24-46-90(56-86)104-65-99(81-31-11-3-12-32-81)62-100(66-104)82-33-13-4-14-34-82/h1-58,61-78,123-124H,59-60H2. The molecule has 0 spiro atoms. The molecule has 0 radical (unpaired) electrons. The van der Waals surface area contributed by atoms with Gasteiger partial charge in [0.25, 0.3) is 0 Å². The Hall–Kier alpha value is -15.6. The maximum absolute atomic E-state index is 2.58. The van der Waals surface area contributed by atoms with E-state index in [4.69, 9.17) is 0 Å². The lowest BCUT2D eigenvalue weighted by atomic mass is 9.84. The zero-order valence-electron chi connectivity index (χ0n) is 68.4. The Morgan fingerprint density at radius 3 is 0.613 bits per heavy atom. The smallest absolute Gasteiger partial charge is 0.0352 e. The molecule has 0 heterocycles. The summed E-state index contributed by atoms with van der Waals surface area (Å²) in [4.78, 5) is 0. The first-order chi connectivity index (χ1) is 61.4. The zero-order chi connectivity index (χ0) is 81.7. The molecule has 0 fully saturated rings. The van der Waals surface area contributed by atoms with E-state index in [0.29, 0.717) is 0 Å². The van der Waals surface area contributed by atoms with E-state index in [2.05, 4.69) is 461 Å². The first kappa shape index (κ1) is 72.4. The minimum absolute atomic E-state index is 0.0337. The third kappa shape index (κ3) is 13.1. The van der Waals surface area contributed by atoms with Crippen molar-refractivity contribution in [2.75, 3.05) is 0 Å². The van der Waals surface area contributed by atoms with Gasteiger partial charge in [0.15, 0.2) is 0 Å². The molecule has 0 saturated carbocycles. The molecule has 4 aliphatic carbocycles. The van der Waals surface area contributed by atoms with Gasteiger partial charge in [-0.25, -0.2) is 0 Å². The molecule has 0 N–H and O–H groups in total. The molecule has 0 saturated heterocycles. The minimum Gasteiger partial charge on any atom is -0.0622 e. The Morgan fingerprint density at radius 2 is 0.323 bits per heavy atom. The number of fused-ring (bicyclic) bond motifs is 12. The van der Waals surface area contributed by atoms with Crippen LogP contribution in [-0.2, 0) is 12.8 Å². The van der Waals surface area contributed by atoms with Crippen LogP contribution in [-0.4, -0.2) is 0 Å². The fourth-order valence-corrected chi connectivity index (χ4v) is 20.7. The molecule has 0 aromatic heterocycles. The Bertz CT molecular complexity index is 7050. The Balaban J connectivity index is 0.617. The normalized spacial score (nSPS) is 13.4. The van der Waals surface area contributed by atoms with Crippen LogP contribution in [0, 0.1) is 0 Å². The van der Waals surface area contributed by atoms with Gasteiger partial charge >= 0.3 is 0 Å². The van der Waals surface area contributed by atoms with Crippen molar-refractivity contribution in [3.8, 4) is 189 Å². The van der Waals surface area contributed by atoms with Crippen molar-refractivity contribution in [2.45, 2.75) is 24.7 Å². The van der Waals surface area contributed by atoms with Crippen LogP contribution in [0.2, 0.25) is 0 Å². The van der Waals surface area contributed by atoms with E-state index in [0.717, 1.165) is 12.8 Å². The van der Waals surface area contributed by atoms with Crippen LogP contribution in [0.25, 0.3) is 189 Å². The summed E-state index contributed by atoms with van der Waals surface area (Å²) in [6.07, 6.45) is 1.83. The highest BCUT2D eigenvalue weighted by Crippen LogP contribution is 2.57. The predicted octanol–water partition coefficient (Wildman–Crippen LogP) is 32.8. The van der Waals surface area contributed by atoms with Crippen molar-refractivity contribution in [3.63, 3.8) is 0 Å². The lowest BCUT2D eigenvalue weighted by Gasteiger charge is -2.20. The first-order valence-electron chi connectivity index (χ1n) is 43.5. The topological polar surface area (TPSA) is 0 Å². The highest BCUT2D eigenvalue weighted by Gasteiger charge is 2.37. The van der Waals surface area contributed by atoms with Gasteiger partial charge in [-0.05, 0) is 355 Å². The third-order valence-corrected chi connectivity index (χ3v) is 26.7. The van der Waals surface area contributed by atoms with E-state index in [9.17, 15) is 0 Å². The van der Waals surface area contributed by atoms with E-state index in [1.807, 2.05) is 0 Å². The molecule has 20 aromatic rings. The Morgan fingerprint density at radius 1 is 0.113 bits per heavy atom. The summed E-state index contributed by atoms with van der Waals surface area (Å²) >= 11 is 0. The van der Waals surface area contributed by atoms with Gasteiger partial charge in [-0.3, -0.25) is 0 Å². The van der Waals surface area contributed by atoms with Crippen molar-refractivity contribution in [1.29, 1.82) is 0 Å². The van der Waals surface area contributed by atoms with Crippen LogP contribution in [0.4, 0.5) is 0 Å². The maximum atomic E-state index is 2.58. The van der Waals surface area contributed by atoms with E-state index >= 15 is 0 Å². The zero-order valence-corrected chi connectivity index (χ0v) is 68.4. The second-order valence-corrected chi connectivity index (χ2v) is 34.1. The third-order valence-electron chi connectivity index (χ3n) is 26.7. The summed E-state index contributed by atoms with van der Waals surface area (Å²) in [5, 5.41) is 0. The van der Waals surface area contributed by atoms with Gasteiger partial charge in [0, 0.05) is 11.8 Å². The highest BCUT2D eigenvalue weighted by molar-refractivity contribution is 5.96. The summed E-state index contributed by atoms with van der Waals surface area (Å²) in [6, 6.07) is 174. The quantitative estimate of drug-likeness (QED) is 0.0960. The second kappa shape index (κ2) is 30.3. The number of benzene rings is 20.